The van der Waals surface area contributed by atoms with E-state index in [9.17, 15) is 13.0 Å². The summed E-state index contributed by atoms with van der Waals surface area (Å²) >= 11 is 1.48. The van der Waals surface area contributed by atoms with Crippen molar-refractivity contribution in [2.75, 3.05) is 14.2 Å². The molecule has 0 spiro atoms. The fourth-order valence-corrected chi connectivity index (χ4v) is 5.55. The average molecular weight is 595 g/mol. The smallest absolute Gasteiger partial charge is 0.197 e. The molecule has 1 atom stereocenters. The van der Waals surface area contributed by atoms with Crippen LogP contribution in [0.3, 0.4) is 0 Å². The van der Waals surface area contributed by atoms with Crippen LogP contribution in [0.2, 0.25) is 0 Å². The standard InChI is InChI=1S/C14H12FN3O2S.C14H12FN3OS/c1-20-10-5-6-16-9(7-10)8-21(19)14-17-12-4-2-3-11(15)13(12)18-14;1-19-10-5-6-16-9(7-10)8-20-14-17-12-4-2-3-11(15)13(12)18-14/h2-7H,8H2,1H3,(H,17,18);2-7H,8H2,1H3,(H,17,18). The molecule has 2 N–H and O–H groups in total. The minimum absolute atomic E-state index is 0.179. The number of halogens is 2. The fourth-order valence-electron chi connectivity index (χ4n) is 3.79. The first-order valence-electron chi connectivity index (χ1n) is 12.2. The Balaban J connectivity index is 0.000000165. The molecule has 1 unspecified atom stereocenters. The minimum Gasteiger partial charge on any atom is -0.497 e. The molecule has 0 bridgehead atoms. The molecule has 0 saturated carbocycles. The van der Waals surface area contributed by atoms with Crippen molar-refractivity contribution in [2.24, 2.45) is 0 Å². The van der Waals surface area contributed by atoms with Crippen molar-refractivity contribution >= 4 is 44.6 Å². The molecule has 4 aromatic heterocycles. The van der Waals surface area contributed by atoms with Crippen LogP contribution in [0.1, 0.15) is 11.4 Å². The lowest BCUT2D eigenvalue weighted by molar-refractivity contribution is 0.413. The van der Waals surface area contributed by atoms with Crippen LogP contribution in [0, 0.1) is 11.6 Å². The van der Waals surface area contributed by atoms with Crippen molar-refractivity contribution in [3.8, 4) is 11.5 Å². The van der Waals surface area contributed by atoms with E-state index in [1.807, 2.05) is 6.07 Å². The largest absolute Gasteiger partial charge is 0.497 e. The fraction of sp³-hybridized carbons (Fsp3) is 0.143. The number of nitrogens with zero attached hydrogens (tertiary/aromatic N) is 4. The van der Waals surface area contributed by atoms with Crippen molar-refractivity contribution in [2.45, 2.75) is 21.8 Å². The third kappa shape index (κ3) is 6.87. The molecule has 6 rings (SSSR count). The molecule has 41 heavy (non-hydrogen) atoms. The lowest BCUT2D eigenvalue weighted by atomic mass is 10.3. The summed E-state index contributed by atoms with van der Waals surface area (Å²) in [7, 11) is 1.74. The van der Waals surface area contributed by atoms with Crippen LogP contribution in [0.5, 0.6) is 11.5 Å². The Morgan fingerprint density at radius 3 is 2.00 bits per heavy atom. The van der Waals surface area contributed by atoms with Crippen molar-refractivity contribution in [3.63, 3.8) is 0 Å². The van der Waals surface area contributed by atoms with E-state index in [0.29, 0.717) is 38.9 Å². The number of thioether (sulfide) groups is 1. The van der Waals surface area contributed by atoms with E-state index < -0.39 is 16.6 Å². The first kappa shape index (κ1) is 28.2. The van der Waals surface area contributed by atoms with Gasteiger partial charge in [0.25, 0.3) is 0 Å². The third-order valence-corrected chi connectivity index (χ3v) is 7.87. The maximum Gasteiger partial charge on any atom is 0.197 e. The molecular weight excluding hydrogens is 570 g/mol. The minimum atomic E-state index is -1.44. The summed E-state index contributed by atoms with van der Waals surface area (Å²) in [5.74, 6) is 1.48. The number of rotatable bonds is 8. The second-order valence-electron chi connectivity index (χ2n) is 8.51. The Morgan fingerprint density at radius 2 is 1.39 bits per heavy atom. The number of fused-ring (bicyclic) bond motifs is 2. The summed E-state index contributed by atoms with van der Waals surface area (Å²) in [6.45, 7) is 0. The van der Waals surface area contributed by atoms with Crippen LogP contribution in [0.25, 0.3) is 22.1 Å². The monoisotopic (exact) mass is 594 g/mol. The number of imidazole rings is 2. The van der Waals surface area contributed by atoms with Crippen LogP contribution in [0.4, 0.5) is 8.78 Å². The van der Waals surface area contributed by atoms with Gasteiger partial charge in [-0.05, 0) is 36.4 Å². The van der Waals surface area contributed by atoms with Gasteiger partial charge in [-0.15, -0.1) is 0 Å². The van der Waals surface area contributed by atoms with E-state index in [1.54, 1.807) is 69.1 Å². The molecule has 0 aliphatic carbocycles. The van der Waals surface area contributed by atoms with Crippen molar-refractivity contribution < 1.29 is 22.5 Å². The molecule has 0 aliphatic rings. The topological polar surface area (TPSA) is 119 Å². The van der Waals surface area contributed by atoms with Gasteiger partial charge in [-0.2, -0.15) is 0 Å². The van der Waals surface area contributed by atoms with Gasteiger partial charge in [0.1, 0.15) is 22.5 Å². The Labute approximate surface area is 240 Å². The van der Waals surface area contributed by atoms with E-state index in [2.05, 4.69) is 29.9 Å². The highest BCUT2D eigenvalue weighted by atomic mass is 32.2. The van der Waals surface area contributed by atoms with Gasteiger partial charge in [0.2, 0.25) is 0 Å². The number of hydrogen-bond acceptors (Lipinski definition) is 8. The SMILES string of the molecule is COc1ccnc(CS(=O)c2nc3c(F)cccc3[nH]2)c1.COc1ccnc(CSc2nc3c(F)cccc3[nH]2)c1. The van der Waals surface area contributed by atoms with Gasteiger partial charge in [0.05, 0.1) is 53.2 Å². The Hall–Kier alpha value is -4.36. The Bertz CT molecular complexity index is 1830. The van der Waals surface area contributed by atoms with E-state index >= 15 is 0 Å². The molecule has 6 aromatic rings. The van der Waals surface area contributed by atoms with Crippen LogP contribution in [0.15, 0.2) is 83.4 Å². The number of aromatic nitrogens is 6. The maximum absolute atomic E-state index is 13.6. The molecule has 0 saturated heterocycles. The van der Waals surface area contributed by atoms with Gasteiger partial charge >= 0.3 is 0 Å². The zero-order valence-electron chi connectivity index (χ0n) is 21.9. The predicted molar refractivity (Wildman–Crippen MR) is 153 cm³/mol. The number of hydrogen-bond donors (Lipinski definition) is 2. The highest BCUT2D eigenvalue weighted by Gasteiger charge is 2.14. The number of H-pyrrole nitrogens is 2. The number of para-hydroxylation sites is 2. The van der Waals surface area contributed by atoms with Gasteiger partial charge in [0.15, 0.2) is 21.9 Å². The molecule has 9 nitrogen and oxygen atoms in total. The number of nitrogens with one attached hydrogen (secondary N) is 2. The second kappa shape index (κ2) is 12.9. The molecule has 0 aliphatic heterocycles. The second-order valence-corrected chi connectivity index (χ2v) is 10.8. The molecule has 210 valence electrons. The van der Waals surface area contributed by atoms with E-state index in [-0.39, 0.29) is 22.2 Å². The zero-order valence-corrected chi connectivity index (χ0v) is 23.6. The van der Waals surface area contributed by atoms with Gasteiger partial charge in [-0.3, -0.25) is 14.2 Å². The Kier molecular flexibility index (Phi) is 8.85. The van der Waals surface area contributed by atoms with Crippen molar-refractivity contribution in [1.82, 2.24) is 29.9 Å². The quantitative estimate of drug-likeness (QED) is 0.212. The van der Waals surface area contributed by atoms with Crippen LogP contribution in [-0.2, 0) is 22.3 Å². The van der Waals surface area contributed by atoms with Gasteiger partial charge in [-0.1, -0.05) is 23.9 Å². The lowest BCUT2D eigenvalue weighted by Gasteiger charge is -2.02. The molecule has 13 heteroatoms. The van der Waals surface area contributed by atoms with E-state index in [1.165, 1.54) is 23.9 Å². The first-order valence-corrected chi connectivity index (χ1v) is 14.5. The molecule has 0 amide bonds. The van der Waals surface area contributed by atoms with Crippen molar-refractivity contribution in [1.29, 1.82) is 0 Å². The van der Waals surface area contributed by atoms with Gasteiger partial charge in [-0.25, -0.2) is 18.7 Å². The lowest BCUT2D eigenvalue weighted by Crippen LogP contribution is -2.01. The highest BCUT2D eigenvalue weighted by Crippen LogP contribution is 2.25. The van der Waals surface area contributed by atoms with Crippen LogP contribution in [-0.4, -0.2) is 48.3 Å². The van der Waals surface area contributed by atoms with Crippen LogP contribution < -0.4 is 9.47 Å². The highest BCUT2D eigenvalue weighted by molar-refractivity contribution is 7.98. The molecule has 0 radical (unpaired) electrons. The summed E-state index contributed by atoms with van der Waals surface area (Å²) in [5, 5.41) is 0.912. The summed E-state index contributed by atoms with van der Waals surface area (Å²) < 4.78 is 49.7. The summed E-state index contributed by atoms with van der Waals surface area (Å²) in [5.41, 5.74) is 3.29. The first-order chi connectivity index (χ1) is 19.9. The number of methoxy groups -OCH3 is 2. The molecule has 2 aromatic carbocycles. The summed E-state index contributed by atoms with van der Waals surface area (Å²) in [6, 6.07) is 16.5. The number of pyridine rings is 2. The van der Waals surface area contributed by atoms with Gasteiger partial charge in [0, 0.05) is 30.3 Å². The normalized spacial score (nSPS) is 11.7. The van der Waals surface area contributed by atoms with Crippen LogP contribution >= 0.6 is 11.8 Å². The summed E-state index contributed by atoms with van der Waals surface area (Å²) in [4.78, 5) is 22.7. The number of benzene rings is 2. The molecule has 4 heterocycles. The molecular formula is C28H24F2N6O3S2. The number of aromatic amines is 2. The average Bonchev–Trinajstić information content (AvgIpc) is 3.63. The van der Waals surface area contributed by atoms with E-state index in [4.69, 9.17) is 9.47 Å². The predicted octanol–water partition coefficient (Wildman–Crippen LogP) is 5.81. The third-order valence-electron chi connectivity index (χ3n) is 5.78. The number of ether oxygens (including phenoxy) is 2. The Morgan fingerprint density at radius 1 is 0.805 bits per heavy atom. The maximum atomic E-state index is 13.6. The zero-order chi connectivity index (χ0) is 28.8. The van der Waals surface area contributed by atoms with Gasteiger partial charge < -0.3 is 19.4 Å². The van der Waals surface area contributed by atoms with E-state index in [0.717, 1.165) is 11.4 Å². The summed E-state index contributed by atoms with van der Waals surface area (Å²) in [6.07, 6.45) is 3.29. The van der Waals surface area contributed by atoms with Crippen molar-refractivity contribution in [3.05, 3.63) is 96.1 Å². The molecule has 0 fully saturated rings.